The Balaban J connectivity index is 1.89. The number of hydrogen-bond acceptors (Lipinski definition) is 3. The monoisotopic (exact) mass is 234 g/mol. The van der Waals surface area contributed by atoms with Crippen molar-refractivity contribution >= 4 is 27.1 Å². The summed E-state index contributed by atoms with van der Waals surface area (Å²) < 4.78 is 1.36. The van der Waals surface area contributed by atoms with Gasteiger partial charge < -0.3 is 10.2 Å². The third-order valence-corrected chi connectivity index (χ3v) is 3.46. The van der Waals surface area contributed by atoms with Crippen molar-refractivity contribution in [2.24, 2.45) is 0 Å². The first kappa shape index (κ1) is 11.4. The average Bonchev–Trinajstić information content (AvgIpc) is 2.71. The molecule has 0 fully saturated rings. The van der Waals surface area contributed by atoms with Crippen LogP contribution in [0.25, 0.3) is 10.1 Å². The van der Waals surface area contributed by atoms with Crippen LogP contribution >= 0.6 is 11.3 Å². The maximum atomic E-state index is 3.46. The van der Waals surface area contributed by atoms with Crippen LogP contribution < -0.4 is 5.32 Å². The molecule has 1 aromatic heterocycles. The second kappa shape index (κ2) is 5.32. The molecule has 0 spiro atoms. The quantitative estimate of drug-likeness (QED) is 0.799. The van der Waals surface area contributed by atoms with Gasteiger partial charge in [-0.15, -0.1) is 11.3 Å². The van der Waals surface area contributed by atoms with Crippen molar-refractivity contribution in [3.05, 3.63) is 29.6 Å². The van der Waals surface area contributed by atoms with E-state index in [0.717, 1.165) is 13.1 Å². The molecule has 2 rings (SSSR count). The van der Waals surface area contributed by atoms with Crippen LogP contribution in [0.4, 0.5) is 5.69 Å². The third kappa shape index (κ3) is 2.97. The van der Waals surface area contributed by atoms with Gasteiger partial charge in [0.1, 0.15) is 0 Å². The van der Waals surface area contributed by atoms with E-state index >= 15 is 0 Å². The maximum Gasteiger partial charge on any atom is 0.0347 e. The minimum Gasteiger partial charge on any atom is -0.385 e. The van der Waals surface area contributed by atoms with Crippen LogP contribution in [0.5, 0.6) is 0 Å². The molecule has 86 valence electrons. The first-order valence-corrected chi connectivity index (χ1v) is 6.49. The Hall–Kier alpha value is -1.06. The van der Waals surface area contributed by atoms with Gasteiger partial charge in [-0.25, -0.2) is 0 Å². The molecule has 16 heavy (non-hydrogen) atoms. The molecule has 1 N–H and O–H groups in total. The van der Waals surface area contributed by atoms with E-state index in [1.54, 1.807) is 11.3 Å². The van der Waals surface area contributed by atoms with Gasteiger partial charge in [0, 0.05) is 16.9 Å². The molecule has 1 aromatic carbocycles. The van der Waals surface area contributed by atoms with Gasteiger partial charge in [-0.2, -0.15) is 0 Å². The van der Waals surface area contributed by atoms with Crippen LogP contribution in [0.1, 0.15) is 6.42 Å². The Labute approximate surface area is 101 Å². The van der Waals surface area contributed by atoms with E-state index < -0.39 is 0 Å². The first-order valence-electron chi connectivity index (χ1n) is 5.61. The second-order valence-corrected chi connectivity index (χ2v) is 5.20. The number of hydrogen-bond donors (Lipinski definition) is 1. The molecular weight excluding hydrogens is 216 g/mol. The van der Waals surface area contributed by atoms with E-state index in [1.165, 1.54) is 22.2 Å². The summed E-state index contributed by atoms with van der Waals surface area (Å²) in [5, 5.41) is 6.94. The van der Waals surface area contributed by atoms with Crippen molar-refractivity contribution in [1.29, 1.82) is 0 Å². The summed E-state index contributed by atoms with van der Waals surface area (Å²) in [7, 11) is 4.22. The summed E-state index contributed by atoms with van der Waals surface area (Å²) in [5.41, 5.74) is 1.23. The largest absolute Gasteiger partial charge is 0.385 e. The molecule has 1 heterocycles. The summed E-state index contributed by atoms with van der Waals surface area (Å²) in [6.45, 7) is 2.17. The van der Waals surface area contributed by atoms with Crippen molar-refractivity contribution in [1.82, 2.24) is 4.90 Å². The highest BCUT2D eigenvalue weighted by atomic mass is 32.1. The van der Waals surface area contributed by atoms with Crippen molar-refractivity contribution in [2.45, 2.75) is 6.42 Å². The zero-order valence-electron chi connectivity index (χ0n) is 9.86. The molecule has 0 saturated carbocycles. The Morgan fingerprint density at radius 3 is 2.94 bits per heavy atom. The second-order valence-electron chi connectivity index (χ2n) is 4.26. The fraction of sp³-hybridized carbons (Fsp3) is 0.385. The molecule has 2 aromatic rings. The number of benzene rings is 1. The van der Waals surface area contributed by atoms with E-state index in [4.69, 9.17) is 0 Å². The van der Waals surface area contributed by atoms with Crippen LogP contribution in [0.3, 0.4) is 0 Å². The summed E-state index contributed by atoms with van der Waals surface area (Å²) in [4.78, 5) is 2.21. The zero-order chi connectivity index (χ0) is 11.4. The summed E-state index contributed by atoms with van der Waals surface area (Å²) in [5.74, 6) is 0. The zero-order valence-corrected chi connectivity index (χ0v) is 10.7. The van der Waals surface area contributed by atoms with E-state index in [-0.39, 0.29) is 0 Å². The van der Waals surface area contributed by atoms with Gasteiger partial charge in [0.2, 0.25) is 0 Å². The minimum atomic E-state index is 1.04. The van der Waals surface area contributed by atoms with Crippen LogP contribution in [-0.2, 0) is 0 Å². The Morgan fingerprint density at radius 1 is 1.25 bits per heavy atom. The SMILES string of the molecule is CN(C)CCCNc1ccc2sccc2c1. The Bertz CT molecular complexity index is 448. The first-order chi connectivity index (χ1) is 7.75. The molecule has 0 aliphatic rings. The number of nitrogens with one attached hydrogen (secondary N) is 1. The van der Waals surface area contributed by atoms with Crippen molar-refractivity contribution in [3.8, 4) is 0 Å². The molecular formula is C13H18N2S. The van der Waals surface area contributed by atoms with E-state index in [1.807, 2.05) is 0 Å². The predicted octanol–water partition coefficient (Wildman–Crippen LogP) is 3.26. The van der Waals surface area contributed by atoms with E-state index in [2.05, 4.69) is 54.0 Å². The van der Waals surface area contributed by atoms with Crippen LogP contribution in [-0.4, -0.2) is 32.1 Å². The summed E-state index contributed by atoms with van der Waals surface area (Å²) >= 11 is 1.79. The maximum absolute atomic E-state index is 3.46. The Morgan fingerprint density at radius 2 is 2.12 bits per heavy atom. The van der Waals surface area contributed by atoms with Crippen LogP contribution in [0.2, 0.25) is 0 Å². The molecule has 3 heteroatoms. The van der Waals surface area contributed by atoms with Crippen molar-refractivity contribution in [3.63, 3.8) is 0 Å². The lowest BCUT2D eigenvalue weighted by molar-refractivity contribution is 0.405. The molecule has 0 saturated heterocycles. The highest BCUT2D eigenvalue weighted by Crippen LogP contribution is 2.23. The number of thiophene rings is 1. The smallest absolute Gasteiger partial charge is 0.0347 e. The highest BCUT2D eigenvalue weighted by Gasteiger charge is 1.97. The number of rotatable bonds is 5. The van der Waals surface area contributed by atoms with Crippen molar-refractivity contribution in [2.75, 3.05) is 32.5 Å². The average molecular weight is 234 g/mol. The molecule has 0 amide bonds. The van der Waals surface area contributed by atoms with Gasteiger partial charge in [-0.3, -0.25) is 0 Å². The van der Waals surface area contributed by atoms with Gasteiger partial charge in [-0.1, -0.05) is 0 Å². The third-order valence-electron chi connectivity index (χ3n) is 2.56. The van der Waals surface area contributed by atoms with Gasteiger partial charge in [0.15, 0.2) is 0 Å². The van der Waals surface area contributed by atoms with E-state index in [9.17, 15) is 0 Å². The van der Waals surface area contributed by atoms with Gasteiger partial charge in [-0.05, 0) is 62.1 Å². The van der Waals surface area contributed by atoms with Crippen molar-refractivity contribution < 1.29 is 0 Å². The molecule has 0 radical (unpaired) electrons. The predicted molar refractivity (Wildman–Crippen MR) is 73.5 cm³/mol. The summed E-state index contributed by atoms with van der Waals surface area (Å²) in [6, 6.07) is 8.75. The standard InChI is InChI=1S/C13H18N2S/c1-15(2)8-3-7-14-12-4-5-13-11(10-12)6-9-16-13/h4-6,9-10,14H,3,7-8H2,1-2H3. The highest BCUT2D eigenvalue weighted by molar-refractivity contribution is 7.17. The molecule has 2 nitrogen and oxygen atoms in total. The fourth-order valence-corrected chi connectivity index (χ4v) is 2.48. The Kier molecular flexibility index (Phi) is 3.80. The van der Waals surface area contributed by atoms with Crippen LogP contribution in [0, 0.1) is 0 Å². The lowest BCUT2D eigenvalue weighted by Crippen LogP contribution is -2.16. The number of fused-ring (bicyclic) bond motifs is 1. The molecule has 0 atom stereocenters. The lowest BCUT2D eigenvalue weighted by atomic mass is 10.2. The van der Waals surface area contributed by atoms with Gasteiger partial charge >= 0.3 is 0 Å². The minimum absolute atomic E-state index is 1.04. The van der Waals surface area contributed by atoms with Gasteiger partial charge in [0.05, 0.1) is 0 Å². The van der Waals surface area contributed by atoms with E-state index in [0.29, 0.717) is 0 Å². The molecule has 0 aliphatic carbocycles. The van der Waals surface area contributed by atoms with Gasteiger partial charge in [0.25, 0.3) is 0 Å². The normalized spacial score (nSPS) is 11.2. The molecule has 0 aliphatic heterocycles. The van der Waals surface area contributed by atoms with Crippen LogP contribution in [0.15, 0.2) is 29.6 Å². The number of anilines is 1. The molecule has 0 bridgehead atoms. The summed E-state index contributed by atoms with van der Waals surface area (Å²) in [6.07, 6.45) is 1.18. The topological polar surface area (TPSA) is 15.3 Å². The fourth-order valence-electron chi connectivity index (χ4n) is 1.70. The number of nitrogens with zero attached hydrogens (tertiary/aromatic N) is 1. The lowest BCUT2D eigenvalue weighted by Gasteiger charge is -2.10. The molecule has 0 unspecified atom stereocenters.